The minimum atomic E-state index is -2.06. The number of nitrogens with two attached hydrogens (primary N) is 3. The quantitative estimate of drug-likeness (QED) is 0.00732. The van der Waals surface area contributed by atoms with Crippen molar-refractivity contribution in [2.75, 3.05) is 18.9 Å². The molecule has 350 valence electrons. The fraction of sp³-hybridized carbons (Fsp3) is 0.611. The van der Waals surface area contributed by atoms with Gasteiger partial charge in [-0.3, -0.25) is 57.8 Å². The van der Waals surface area contributed by atoms with Gasteiger partial charge in [0.05, 0.1) is 18.6 Å². The minimum Gasteiger partial charge on any atom is -0.477 e. The Bertz CT molecular complexity index is 1860. The van der Waals surface area contributed by atoms with E-state index in [1.54, 1.807) is 0 Å². The fourth-order valence-corrected chi connectivity index (χ4v) is 7.70. The molecule has 0 radical (unpaired) electrons. The number of rotatable bonds is 26. The maximum atomic E-state index is 13.5. The van der Waals surface area contributed by atoms with Crippen LogP contribution in [0.25, 0.3) is 0 Å². The van der Waals surface area contributed by atoms with E-state index in [-0.39, 0.29) is 62.3 Å². The van der Waals surface area contributed by atoms with Crippen molar-refractivity contribution in [3.8, 4) is 0 Å². The van der Waals surface area contributed by atoms with Gasteiger partial charge in [0.1, 0.15) is 41.8 Å². The van der Waals surface area contributed by atoms with Gasteiger partial charge < -0.3 is 69.4 Å². The summed E-state index contributed by atoms with van der Waals surface area (Å²) < 4.78 is 5.30. The summed E-state index contributed by atoms with van der Waals surface area (Å²) in [5.41, 5.74) is 13.4. The number of nitrogens with zero attached hydrogens (tertiary/aromatic N) is 2. The van der Waals surface area contributed by atoms with Crippen LogP contribution in [0.3, 0.4) is 0 Å². The number of amides is 9. The maximum Gasteiger partial charge on any atom is 0.352 e. The number of carbonyl (C=O) groups is 11. The summed E-state index contributed by atoms with van der Waals surface area (Å²) in [5.74, 6) is -8.78. The average Bonchev–Trinajstić information content (AvgIpc) is 3.18. The average molecular weight is 913 g/mol. The minimum absolute atomic E-state index is 0.0142. The fourth-order valence-electron chi connectivity index (χ4n) is 6.29. The van der Waals surface area contributed by atoms with Crippen LogP contribution >= 0.6 is 11.8 Å². The lowest BCUT2D eigenvalue weighted by Gasteiger charge is -2.56. The summed E-state index contributed by atoms with van der Waals surface area (Å²) in [5, 5.41) is 36.9. The first-order valence-corrected chi connectivity index (χ1v) is 20.6. The number of aliphatic imine (C=N–C) groups is 1. The van der Waals surface area contributed by atoms with Crippen LogP contribution in [-0.4, -0.2) is 153 Å². The highest BCUT2D eigenvalue weighted by Gasteiger charge is 2.66. The molecule has 0 bridgehead atoms. The number of thioether (sulfide) groups is 1. The Morgan fingerprint density at radius 2 is 1.46 bits per heavy atom. The first-order valence-electron chi connectivity index (χ1n) is 19.5. The van der Waals surface area contributed by atoms with Crippen molar-refractivity contribution in [1.82, 2.24) is 42.1 Å². The molecule has 0 aromatic rings. The number of aliphatic hydroxyl groups excluding tert-OH is 1. The van der Waals surface area contributed by atoms with Crippen LogP contribution in [0.5, 0.6) is 0 Å². The molecule has 0 aromatic carbocycles. The summed E-state index contributed by atoms with van der Waals surface area (Å²) in [4.78, 5) is 141. The molecule has 26 nitrogen and oxygen atoms in total. The molecule has 1 saturated heterocycles. The van der Waals surface area contributed by atoms with E-state index in [1.165, 1.54) is 34.6 Å². The van der Waals surface area contributed by atoms with Gasteiger partial charge in [-0.2, -0.15) is 0 Å². The van der Waals surface area contributed by atoms with E-state index in [2.05, 4.69) is 42.2 Å². The molecule has 0 aliphatic carbocycles. The smallest absolute Gasteiger partial charge is 0.352 e. The molecule has 9 amide bonds. The number of β-lactam (4-membered cyclic amide) rings is 1. The maximum absolute atomic E-state index is 13.5. The summed E-state index contributed by atoms with van der Waals surface area (Å²) in [6.45, 7) is 5.91. The van der Waals surface area contributed by atoms with Crippen LogP contribution in [-0.2, 0) is 57.5 Å². The van der Waals surface area contributed by atoms with Crippen molar-refractivity contribution in [3.05, 3.63) is 11.3 Å². The number of hydrogen-bond donors (Lipinski definition) is 12. The topological polar surface area (TPSA) is 415 Å². The third-order valence-corrected chi connectivity index (χ3v) is 10.9. The third-order valence-electron chi connectivity index (χ3n) is 9.46. The predicted molar refractivity (Wildman–Crippen MR) is 220 cm³/mol. The Morgan fingerprint density at radius 3 is 1.98 bits per heavy atom. The van der Waals surface area contributed by atoms with Crippen molar-refractivity contribution in [2.45, 2.75) is 120 Å². The summed E-state index contributed by atoms with van der Waals surface area (Å²) >= 11 is 0.936. The zero-order valence-corrected chi connectivity index (χ0v) is 36.1. The number of hydrogen-bond acceptors (Lipinski definition) is 15. The molecule has 0 unspecified atom stereocenters. The Kier molecular flexibility index (Phi) is 20.2. The van der Waals surface area contributed by atoms with Crippen LogP contribution < -0.4 is 54.4 Å². The second-order valence-corrected chi connectivity index (χ2v) is 15.7. The van der Waals surface area contributed by atoms with Crippen LogP contribution in [0.1, 0.15) is 73.1 Å². The Balaban J connectivity index is 2.12. The summed E-state index contributed by atoms with van der Waals surface area (Å²) in [6, 6.07) is -5.47. The van der Waals surface area contributed by atoms with Crippen molar-refractivity contribution >= 4 is 83.3 Å². The monoisotopic (exact) mass is 912 g/mol. The Hall–Kier alpha value is -6.51. The van der Waals surface area contributed by atoms with Crippen molar-refractivity contribution in [3.63, 3.8) is 0 Å². The zero-order valence-electron chi connectivity index (χ0n) is 35.3. The van der Waals surface area contributed by atoms with Gasteiger partial charge in [-0.15, -0.1) is 11.8 Å². The van der Waals surface area contributed by atoms with E-state index in [9.17, 15) is 63.0 Å². The van der Waals surface area contributed by atoms with E-state index < -0.39 is 125 Å². The second-order valence-electron chi connectivity index (χ2n) is 14.6. The number of aliphatic hydroxyl groups is 1. The van der Waals surface area contributed by atoms with Gasteiger partial charge in [0.25, 0.3) is 5.91 Å². The van der Waals surface area contributed by atoms with Gasteiger partial charge in [-0.1, -0.05) is 0 Å². The molecular formula is C36H56N12O14S. The second kappa shape index (κ2) is 24.2. The first-order chi connectivity index (χ1) is 29.4. The van der Waals surface area contributed by atoms with E-state index in [1.807, 2.05) is 0 Å². The first kappa shape index (κ1) is 52.6. The van der Waals surface area contributed by atoms with E-state index in [4.69, 9.17) is 21.9 Å². The molecule has 8 atom stereocenters. The normalized spacial score (nSPS) is 19.4. The van der Waals surface area contributed by atoms with Crippen LogP contribution in [0, 0.1) is 0 Å². The van der Waals surface area contributed by atoms with Gasteiger partial charge in [0, 0.05) is 38.1 Å². The molecule has 27 heteroatoms. The van der Waals surface area contributed by atoms with Crippen molar-refractivity contribution < 1.29 is 67.7 Å². The molecule has 2 heterocycles. The lowest BCUT2D eigenvalue weighted by atomic mass is 9.94. The van der Waals surface area contributed by atoms with Gasteiger partial charge in [0.15, 0.2) is 5.96 Å². The standard InChI is InChI=1S/C36H56N12O14S/c1-16(42-19(4)50)29(56)43-17(2)30(57)44-18(3)31(58)46-22(9-7-11-40-35(38)39)24(52)12-26(54)62-13-21-14-63-34-36(41-15-49,33(61)48(34)27(21)32(59)60)47-25(53)10-6-8-23(28(37)55)45-20(5)51/h15-18,22-24,34,52H,6-14H2,1-5H3,(H2,37,55)(H,41,49)(H,42,50)(H,43,56)(H,44,57)(H,45,51)(H,46,58)(H,47,53)(H,59,60)(H4,38,39,40)/t16-,17+,18-,22+,23-,24+,34+,36+/m1/s1. The SMILES string of the molecule is CC(=O)N[C@H](C)C(=O)N[C@@H](C)C(=O)N[C@H](C)C(=O)N[C@@H](CCCN=C(N)N)[C@@H](O)CC(=O)OCC1=C(C(=O)O)N2C(=O)[C@](NC=O)(NC(=O)CCC[C@@H](NC(C)=O)C(N)=O)[C@@H]2SC1. The lowest BCUT2D eigenvalue weighted by Crippen LogP contribution is -2.85. The van der Waals surface area contributed by atoms with Crippen LogP contribution in [0.4, 0.5) is 0 Å². The molecule has 0 spiro atoms. The van der Waals surface area contributed by atoms with Gasteiger partial charge in [-0.25, -0.2) is 4.79 Å². The van der Waals surface area contributed by atoms with E-state index >= 15 is 0 Å². The van der Waals surface area contributed by atoms with Crippen LogP contribution in [0.15, 0.2) is 16.3 Å². The highest BCUT2D eigenvalue weighted by molar-refractivity contribution is 8.00. The summed E-state index contributed by atoms with van der Waals surface area (Å²) in [6.07, 6.45) is -2.20. The number of guanidine groups is 1. The zero-order chi connectivity index (χ0) is 47.8. The molecule has 2 rings (SSSR count). The Labute approximate surface area is 365 Å². The number of esters is 1. The molecule has 1 fully saturated rings. The van der Waals surface area contributed by atoms with Gasteiger partial charge in [0.2, 0.25) is 53.4 Å². The molecule has 2 aliphatic rings. The molecule has 0 aromatic heterocycles. The number of carboxylic acid groups (broad SMARTS) is 1. The highest BCUT2D eigenvalue weighted by atomic mass is 32.2. The van der Waals surface area contributed by atoms with Crippen LogP contribution in [0.2, 0.25) is 0 Å². The number of aliphatic carboxylic acids is 1. The molecule has 63 heavy (non-hydrogen) atoms. The van der Waals surface area contributed by atoms with Gasteiger partial charge in [-0.05, 0) is 46.5 Å². The number of carbonyl (C=O) groups excluding carboxylic acids is 10. The predicted octanol–water partition coefficient (Wildman–Crippen LogP) is -5.67. The lowest BCUT2D eigenvalue weighted by molar-refractivity contribution is -0.162. The summed E-state index contributed by atoms with van der Waals surface area (Å²) in [7, 11) is 0. The molecule has 2 aliphatic heterocycles. The number of nitrogens with one attached hydrogen (secondary N) is 7. The molecular weight excluding hydrogens is 857 g/mol. The van der Waals surface area contributed by atoms with Crippen molar-refractivity contribution in [1.29, 1.82) is 0 Å². The molecule has 0 saturated carbocycles. The largest absolute Gasteiger partial charge is 0.477 e. The Morgan fingerprint density at radius 1 is 0.889 bits per heavy atom. The van der Waals surface area contributed by atoms with Gasteiger partial charge >= 0.3 is 11.9 Å². The highest BCUT2D eigenvalue weighted by Crippen LogP contribution is 2.45. The third kappa shape index (κ3) is 15.4. The number of ether oxygens (including phenoxy) is 1. The molecule has 15 N–H and O–H groups in total. The van der Waals surface area contributed by atoms with E-state index in [0.717, 1.165) is 16.7 Å². The van der Waals surface area contributed by atoms with Crippen molar-refractivity contribution in [2.24, 2.45) is 22.2 Å². The van der Waals surface area contributed by atoms with E-state index in [0.29, 0.717) is 0 Å². The number of fused-ring (bicyclic) bond motifs is 1. The number of primary amides is 1. The number of carboxylic acids is 1.